The molecule has 0 radical (unpaired) electrons. The topological polar surface area (TPSA) is 78.1 Å². The third kappa shape index (κ3) is 1.87. The van der Waals surface area contributed by atoms with Crippen molar-refractivity contribution < 1.29 is 8.83 Å². The highest BCUT2D eigenvalue weighted by Crippen LogP contribution is 2.40. The van der Waals surface area contributed by atoms with Crippen LogP contribution in [-0.4, -0.2) is 9.97 Å². The second-order valence-electron chi connectivity index (χ2n) is 5.44. The van der Waals surface area contributed by atoms with Crippen LogP contribution in [-0.2, 0) is 0 Å². The summed E-state index contributed by atoms with van der Waals surface area (Å²) in [5.74, 6) is 1.15. The Balaban J connectivity index is 1.79. The first-order valence-corrected chi connectivity index (χ1v) is 8.21. The van der Waals surface area contributed by atoms with Crippen LogP contribution in [0.5, 0.6) is 0 Å². The molecule has 0 unspecified atom stereocenters. The predicted octanol–water partition coefficient (Wildman–Crippen LogP) is 4.95. The lowest BCUT2D eigenvalue weighted by Gasteiger charge is -2.00. The van der Waals surface area contributed by atoms with E-state index in [2.05, 4.69) is 15.3 Å². The molecule has 5 nitrogen and oxygen atoms in total. The summed E-state index contributed by atoms with van der Waals surface area (Å²) in [6.45, 7) is 0. The number of nitrogens with zero attached hydrogens (tertiary/aromatic N) is 2. The fourth-order valence-corrected chi connectivity index (χ4v) is 3.81. The number of hydrogen-bond acceptors (Lipinski definition) is 6. The number of pyridine rings is 2. The highest BCUT2D eigenvalue weighted by atomic mass is 32.1. The van der Waals surface area contributed by atoms with Crippen LogP contribution in [0.25, 0.3) is 43.5 Å². The number of thiophene rings is 1. The summed E-state index contributed by atoms with van der Waals surface area (Å²) in [5, 5.41) is 4.11. The third-order valence-electron chi connectivity index (χ3n) is 4.06. The Labute approximate surface area is 140 Å². The van der Waals surface area contributed by atoms with Crippen LogP contribution >= 0.6 is 11.3 Å². The van der Waals surface area contributed by atoms with Gasteiger partial charge in [0.2, 0.25) is 0 Å². The van der Waals surface area contributed by atoms with Gasteiger partial charge in [0.05, 0.1) is 17.2 Å². The molecule has 0 amide bonds. The zero-order valence-corrected chi connectivity index (χ0v) is 13.2. The van der Waals surface area contributed by atoms with Gasteiger partial charge in [-0.2, -0.15) is 0 Å². The zero-order chi connectivity index (χ0) is 16.1. The molecule has 0 spiro atoms. The van der Waals surface area contributed by atoms with Gasteiger partial charge in [0, 0.05) is 51.4 Å². The molecule has 0 fully saturated rings. The second-order valence-corrected chi connectivity index (χ2v) is 6.36. The van der Waals surface area contributed by atoms with Crippen LogP contribution in [0.1, 0.15) is 0 Å². The molecule has 0 saturated carbocycles. The average Bonchev–Trinajstić information content (AvgIpc) is 3.34. The molecule has 0 atom stereocenters. The number of aromatic nitrogens is 2. The fraction of sp³-hybridized carbons (Fsp3) is 0. The number of hydrogen-bond donors (Lipinski definition) is 1. The van der Waals surface area contributed by atoms with Crippen molar-refractivity contribution in [3.63, 3.8) is 0 Å². The predicted molar refractivity (Wildman–Crippen MR) is 94.7 cm³/mol. The van der Waals surface area contributed by atoms with Gasteiger partial charge in [-0.25, -0.2) is 4.98 Å². The highest BCUT2D eigenvalue weighted by Gasteiger charge is 2.17. The molecule has 2 N–H and O–H groups in total. The molecule has 5 aromatic rings. The molecular formula is C18H11N3O2S. The number of furan rings is 2. The summed E-state index contributed by atoms with van der Waals surface area (Å²) >= 11 is 1.64. The molecule has 5 rings (SSSR count). The third-order valence-corrected chi connectivity index (χ3v) is 5.00. The Hall–Kier alpha value is -3.12. The fourth-order valence-electron chi connectivity index (χ4n) is 2.90. The molecule has 0 aromatic carbocycles. The minimum absolute atomic E-state index is 0.379. The van der Waals surface area contributed by atoms with Crippen molar-refractivity contribution >= 4 is 38.2 Å². The maximum atomic E-state index is 6.06. The number of anilines is 1. The Bertz CT molecular complexity index is 1170. The van der Waals surface area contributed by atoms with E-state index in [0.717, 1.165) is 37.9 Å². The number of nitrogen functional groups attached to an aromatic ring is 1. The molecule has 0 aliphatic carbocycles. The molecule has 0 aliphatic rings. The van der Waals surface area contributed by atoms with E-state index in [1.54, 1.807) is 36.3 Å². The quantitative estimate of drug-likeness (QED) is 0.494. The van der Waals surface area contributed by atoms with E-state index in [1.165, 1.54) is 0 Å². The summed E-state index contributed by atoms with van der Waals surface area (Å²) in [6, 6.07) is 5.90. The maximum absolute atomic E-state index is 6.06. The van der Waals surface area contributed by atoms with E-state index in [4.69, 9.17) is 14.6 Å². The largest absolute Gasteiger partial charge is 0.472 e. The Morgan fingerprint density at radius 2 is 2.04 bits per heavy atom. The molecule has 24 heavy (non-hydrogen) atoms. The Morgan fingerprint density at radius 1 is 1.08 bits per heavy atom. The lowest BCUT2D eigenvalue weighted by atomic mass is 10.1. The molecule has 5 aromatic heterocycles. The number of fused-ring (bicyclic) bond motifs is 2. The van der Waals surface area contributed by atoms with Gasteiger partial charge in [-0.1, -0.05) is 0 Å². The first-order chi connectivity index (χ1) is 11.8. The maximum Gasteiger partial charge on any atom is 0.177 e. The van der Waals surface area contributed by atoms with Crippen molar-refractivity contribution in [1.82, 2.24) is 9.97 Å². The number of nitrogens with two attached hydrogens (primary N) is 1. The van der Waals surface area contributed by atoms with E-state index in [1.807, 2.05) is 24.4 Å². The lowest BCUT2D eigenvalue weighted by Crippen LogP contribution is -1.90. The molecule has 5 heterocycles. The van der Waals surface area contributed by atoms with Crippen molar-refractivity contribution in [3.8, 4) is 22.5 Å². The van der Waals surface area contributed by atoms with Gasteiger partial charge in [0.25, 0.3) is 0 Å². The van der Waals surface area contributed by atoms with Crippen molar-refractivity contribution in [2.45, 2.75) is 0 Å². The minimum atomic E-state index is 0.379. The van der Waals surface area contributed by atoms with E-state index >= 15 is 0 Å². The SMILES string of the molecule is Nc1ncc(-c2ccoc2)c2cc(-c3csc4cnccc34)oc12. The molecule has 116 valence electrons. The second kappa shape index (κ2) is 4.94. The highest BCUT2D eigenvalue weighted by molar-refractivity contribution is 7.17. The molecule has 6 heteroatoms. The summed E-state index contributed by atoms with van der Waals surface area (Å²) in [4.78, 5) is 8.42. The Kier molecular flexibility index (Phi) is 2.74. The normalized spacial score (nSPS) is 11.5. The van der Waals surface area contributed by atoms with Crippen molar-refractivity contribution in [1.29, 1.82) is 0 Å². The smallest absolute Gasteiger partial charge is 0.177 e. The summed E-state index contributed by atoms with van der Waals surface area (Å²) in [5.41, 5.74) is 9.53. The monoisotopic (exact) mass is 333 g/mol. The summed E-state index contributed by atoms with van der Waals surface area (Å²) in [7, 11) is 0. The van der Waals surface area contributed by atoms with E-state index in [-0.39, 0.29) is 0 Å². The summed E-state index contributed by atoms with van der Waals surface area (Å²) < 4.78 is 12.4. The van der Waals surface area contributed by atoms with Gasteiger partial charge in [0.15, 0.2) is 11.4 Å². The molecular weight excluding hydrogens is 322 g/mol. The zero-order valence-electron chi connectivity index (χ0n) is 12.4. The molecule has 0 bridgehead atoms. The van der Waals surface area contributed by atoms with Gasteiger partial charge < -0.3 is 14.6 Å². The standard InChI is InChI=1S/C18H11N3O2S/c19-18-17-12(13(6-21-18)10-2-4-22-8-10)5-15(23-17)14-9-24-16-7-20-3-1-11(14)16/h1-9H,(H2,19,21). The average molecular weight is 333 g/mol. The van der Waals surface area contributed by atoms with Gasteiger partial charge in [-0.3, -0.25) is 4.98 Å². The van der Waals surface area contributed by atoms with Crippen LogP contribution in [0.3, 0.4) is 0 Å². The first kappa shape index (κ1) is 13.3. The Morgan fingerprint density at radius 3 is 2.92 bits per heavy atom. The first-order valence-electron chi connectivity index (χ1n) is 7.33. The van der Waals surface area contributed by atoms with E-state index in [0.29, 0.717) is 11.4 Å². The summed E-state index contributed by atoms with van der Waals surface area (Å²) in [6.07, 6.45) is 8.72. The van der Waals surface area contributed by atoms with E-state index in [9.17, 15) is 0 Å². The van der Waals surface area contributed by atoms with Crippen molar-refractivity contribution in [2.24, 2.45) is 0 Å². The van der Waals surface area contributed by atoms with Crippen molar-refractivity contribution in [2.75, 3.05) is 5.73 Å². The lowest BCUT2D eigenvalue weighted by molar-refractivity contribution is 0.568. The molecule has 0 aliphatic heterocycles. The number of rotatable bonds is 2. The van der Waals surface area contributed by atoms with Crippen LogP contribution in [0.2, 0.25) is 0 Å². The van der Waals surface area contributed by atoms with Crippen LogP contribution in [0.15, 0.2) is 63.5 Å². The van der Waals surface area contributed by atoms with Crippen LogP contribution in [0.4, 0.5) is 5.82 Å². The molecule has 0 saturated heterocycles. The van der Waals surface area contributed by atoms with E-state index < -0.39 is 0 Å². The van der Waals surface area contributed by atoms with Crippen LogP contribution < -0.4 is 5.73 Å². The minimum Gasteiger partial charge on any atom is -0.472 e. The van der Waals surface area contributed by atoms with Crippen molar-refractivity contribution in [3.05, 3.63) is 54.7 Å². The van der Waals surface area contributed by atoms with Crippen LogP contribution in [0, 0.1) is 0 Å². The van der Waals surface area contributed by atoms with Gasteiger partial charge in [-0.05, 0) is 18.2 Å². The van der Waals surface area contributed by atoms with Gasteiger partial charge in [0.1, 0.15) is 5.76 Å². The van der Waals surface area contributed by atoms with Gasteiger partial charge in [-0.15, -0.1) is 11.3 Å². The van der Waals surface area contributed by atoms with Gasteiger partial charge >= 0.3 is 0 Å².